The maximum atomic E-state index is 5.76. The van der Waals surface area contributed by atoms with Gasteiger partial charge in [0.1, 0.15) is 17.9 Å². The minimum absolute atomic E-state index is 0.710. The van der Waals surface area contributed by atoms with Gasteiger partial charge in [0.2, 0.25) is 0 Å². The highest BCUT2D eigenvalue weighted by Gasteiger charge is 2.07. The van der Waals surface area contributed by atoms with Gasteiger partial charge in [0.25, 0.3) is 0 Å². The SMILES string of the molecule is CCCOc1ccccc1-c1cc(NCC)ncn1. The van der Waals surface area contributed by atoms with Crippen molar-refractivity contribution in [2.45, 2.75) is 20.3 Å². The number of nitrogens with zero attached hydrogens (tertiary/aromatic N) is 2. The first-order chi connectivity index (χ1) is 9.35. The first-order valence-electron chi connectivity index (χ1n) is 6.63. The quantitative estimate of drug-likeness (QED) is 0.862. The zero-order valence-corrected chi connectivity index (χ0v) is 11.4. The van der Waals surface area contributed by atoms with E-state index >= 15 is 0 Å². The summed E-state index contributed by atoms with van der Waals surface area (Å²) in [6, 6.07) is 9.89. The van der Waals surface area contributed by atoms with Crippen molar-refractivity contribution < 1.29 is 4.74 Å². The third kappa shape index (κ3) is 3.44. The first-order valence-corrected chi connectivity index (χ1v) is 6.63. The van der Waals surface area contributed by atoms with Crippen LogP contribution in [0.2, 0.25) is 0 Å². The Kier molecular flexibility index (Phi) is 4.72. The fourth-order valence-electron chi connectivity index (χ4n) is 1.80. The van der Waals surface area contributed by atoms with Gasteiger partial charge in [-0.3, -0.25) is 0 Å². The van der Waals surface area contributed by atoms with Gasteiger partial charge in [-0.05, 0) is 25.5 Å². The molecule has 100 valence electrons. The van der Waals surface area contributed by atoms with Crippen molar-refractivity contribution in [1.29, 1.82) is 0 Å². The van der Waals surface area contributed by atoms with Gasteiger partial charge in [-0.2, -0.15) is 0 Å². The highest BCUT2D eigenvalue weighted by molar-refractivity contribution is 5.68. The Hall–Kier alpha value is -2.10. The van der Waals surface area contributed by atoms with Crippen molar-refractivity contribution in [1.82, 2.24) is 9.97 Å². The fourth-order valence-corrected chi connectivity index (χ4v) is 1.80. The molecule has 0 fully saturated rings. The van der Waals surface area contributed by atoms with Gasteiger partial charge in [-0.25, -0.2) is 9.97 Å². The van der Waals surface area contributed by atoms with E-state index in [-0.39, 0.29) is 0 Å². The van der Waals surface area contributed by atoms with Crippen LogP contribution in [-0.4, -0.2) is 23.1 Å². The van der Waals surface area contributed by atoms with Crippen molar-refractivity contribution in [2.24, 2.45) is 0 Å². The van der Waals surface area contributed by atoms with Crippen LogP contribution in [-0.2, 0) is 0 Å². The molecular weight excluding hydrogens is 238 g/mol. The second kappa shape index (κ2) is 6.73. The van der Waals surface area contributed by atoms with Gasteiger partial charge >= 0.3 is 0 Å². The third-order valence-electron chi connectivity index (χ3n) is 2.65. The number of para-hydroxylation sites is 1. The number of benzene rings is 1. The smallest absolute Gasteiger partial charge is 0.129 e. The molecule has 1 N–H and O–H groups in total. The van der Waals surface area contributed by atoms with Gasteiger partial charge in [0.05, 0.1) is 12.3 Å². The van der Waals surface area contributed by atoms with E-state index in [2.05, 4.69) is 22.2 Å². The number of ether oxygens (including phenoxy) is 1. The summed E-state index contributed by atoms with van der Waals surface area (Å²) in [5.74, 6) is 1.70. The summed E-state index contributed by atoms with van der Waals surface area (Å²) < 4.78 is 5.76. The molecule has 0 saturated carbocycles. The summed E-state index contributed by atoms with van der Waals surface area (Å²) in [7, 11) is 0. The van der Waals surface area contributed by atoms with Crippen LogP contribution in [0.25, 0.3) is 11.3 Å². The van der Waals surface area contributed by atoms with Crippen LogP contribution in [0.4, 0.5) is 5.82 Å². The predicted octanol–water partition coefficient (Wildman–Crippen LogP) is 3.36. The zero-order chi connectivity index (χ0) is 13.5. The summed E-state index contributed by atoms with van der Waals surface area (Å²) >= 11 is 0. The molecule has 0 radical (unpaired) electrons. The van der Waals surface area contributed by atoms with E-state index in [0.717, 1.165) is 35.8 Å². The molecule has 1 heterocycles. The first kappa shape index (κ1) is 13.3. The predicted molar refractivity (Wildman–Crippen MR) is 77.4 cm³/mol. The van der Waals surface area contributed by atoms with E-state index in [1.807, 2.05) is 37.3 Å². The molecular formula is C15H19N3O. The topological polar surface area (TPSA) is 47.0 Å². The van der Waals surface area contributed by atoms with Gasteiger partial charge in [-0.15, -0.1) is 0 Å². The molecule has 4 nitrogen and oxygen atoms in total. The number of rotatable bonds is 6. The molecule has 0 saturated heterocycles. The van der Waals surface area contributed by atoms with Crippen molar-refractivity contribution in [3.05, 3.63) is 36.7 Å². The molecule has 0 aliphatic carbocycles. The van der Waals surface area contributed by atoms with E-state index in [4.69, 9.17) is 4.74 Å². The van der Waals surface area contributed by atoms with Crippen LogP contribution in [0, 0.1) is 0 Å². The van der Waals surface area contributed by atoms with Crippen LogP contribution in [0.15, 0.2) is 36.7 Å². The Labute approximate surface area is 113 Å². The average Bonchev–Trinajstić information content (AvgIpc) is 2.46. The number of nitrogens with one attached hydrogen (secondary N) is 1. The summed E-state index contributed by atoms with van der Waals surface area (Å²) in [4.78, 5) is 8.51. The molecule has 0 unspecified atom stereocenters. The summed E-state index contributed by atoms with van der Waals surface area (Å²) in [5, 5.41) is 3.19. The zero-order valence-electron chi connectivity index (χ0n) is 11.4. The van der Waals surface area contributed by atoms with Crippen LogP contribution in [0.3, 0.4) is 0 Å². The lowest BCUT2D eigenvalue weighted by atomic mass is 10.1. The van der Waals surface area contributed by atoms with Crippen molar-refractivity contribution >= 4 is 5.82 Å². The van der Waals surface area contributed by atoms with E-state index in [1.54, 1.807) is 6.33 Å². The Bertz CT molecular complexity index is 528. The lowest BCUT2D eigenvalue weighted by Crippen LogP contribution is -2.01. The molecule has 0 atom stereocenters. The Balaban J connectivity index is 2.32. The lowest BCUT2D eigenvalue weighted by Gasteiger charge is -2.11. The van der Waals surface area contributed by atoms with Crippen LogP contribution >= 0.6 is 0 Å². The monoisotopic (exact) mass is 257 g/mol. The number of hydrogen-bond donors (Lipinski definition) is 1. The molecule has 19 heavy (non-hydrogen) atoms. The van der Waals surface area contributed by atoms with Crippen LogP contribution in [0.1, 0.15) is 20.3 Å². The van der Waals surface area contributed by atoms with E-state index in [1.165, 1.54) is 0 Å². The molecule has 1 aromatic carbocycles. The summed E-state index contributed by atoms with van der Waals surface area (Å²) in [5.41, 5.74) is 1.87. The van der Waals surface area contributed by atoms with Crippen LogP contribution < -0.4 is 10.1 Å². The van der Waals surface area contributed by atoms with Crippen molar-refractivity contribution in [3.63, 3.8) is 0 Å². The maximum absolute atomic E-state index is 5.76. The molecule has 4 heteroatoms. The Morgan fingerprint density at radius 2 is 2.00 bits per heavy atom. The van der Waals surface area contributed by atoms with E-state index < -0.39 is 0 Å². The Morgan fingerprint density at radius 3 is 2.79 bits per heavy atom. The fraction of sp³-hybridized carbons (Fsp3) is 0.333. The largest absolute Gasteiger partial charge is 0.493 e. The van der Waals surface area contributed by atoms with E-state index in [9.17, 15) is 0 Å². The molecule has 0 aliphatic rings. The molecule has 2 rings (SSSR count). The minimum Gasteiger partial charge on any atom is -0.493 e. The molecule has 0 aliphatic heterocycles. The number of hydrogen-bond acceptors (Lipinski definition) is 4. The normalized spacial score (nSPS) is 10.2. The maximum Gasteiger partial charge on any atom is 0.129 e. The molecule has 0 bridgehead atoms. The van der Waals surface area contributed by atoms with Gasteiger partial charge in [0.15, 0.2) is 0 Å². The van der Waals surface area contributed by atoms with Crippen molar-refractivity contribution in [3.8, 4) is 17.0 Å². The lowest BCUT2D eigenvalue weighted by molar-refractivity contribution is 0.318. The molecule has 1 aromatic heterocycles. The highest BCUT2D eigenvalue weighted by Crippen LogP contribution is 2.29. The number of aromatic nitrogens is 2. The third-order valence-corrected chi connectivity index (χ3v) is 2.65. The van der Waals surface area contributed by atoms with E-state index in [0.29, 0.717) is 6.61 Å². The molecule has 0 spiro atoms. The van der Waals surface area contributed by atoms with Crippen molar-refractivity contribution in [2.75, 3.05) is 18.5 Å². The standard InChI is InChI=1S/C15H19N3O/c1-3-9-19-14-8-6-5-7-12(14)13-10-15(16-4-2)18-11-17-13/h5-8,10-11H,3-4,9H2,1-2H3,(H,16,17,18). The van der Waals surface area contributed by atoms with Gasteiger partial charge in [-0.1, -0.05) is 19.1 Å². The Morgan fingerprint density at radius 1 is 1.16 bits per heavy atom. The molecule has 0 amide bonds. The van der Waals surface area contributed by atoms with Gasteiger partial charge in [0, 0.05) is 18.2 Å². The summed E-state index contributed by atoms with van der Waals surface area (Å²) in [6.07, 6.45) is 2.56. The average molecular weight is 257 g/mol. The van der Waals surface area contributed by atoms with Gasteiger partial charge < -0.3 is 10.1 Å². The minimum atomic E-state index is 0.710. The summed E-state index contributed by atoms with van der Waals surface area (Å²) in [6.45, 7) is 5.68. The molecule has 2 aromatic rings. The highest BCUT2D eigenvalue weighted by atomic mass is 16.5. The van der Waals surface area contributed by atoms with Crippen LogP contribution in [0.5, 0.6) is 5.75 Å². The second-order valence-corrected chi connectivity index (χ2v) is 4.16. The number of anilines is 1. The second-order valence-electron chi connectivity index (χ2n) is 4.16.